The molecule has 3 fully saturated rings. The number of nitrogens with zero attached hydrogens (tertiary/aromatic N) is 6. The molecule has 10 nitrogen and oxygen atoms in total. The van der Waals surface area contributed by atoms with E-state index in [1.807, 2.05) is 43.2 Å². The first-order chi connectivity index (χ1) is 20.6. The van der Waals surface area contributed by atoms with Crippen LogP contribution in [-0.4, -0.2) is 107 Å². The van der Waals surface area contributed by atoms with Gasteiger partial charge in [0, 0.05) is 82.5 Å². The maximum absolute atomic E-state index is 13.4. The predicted octanol–water partition coefficient (Wildman–Crippen LogP) is 4.52. The number of piperidine rings is 1. The van der Waals surface area contributed by atoms with Crippen LogP contribution in [0.4, 0.5) is 10.5 Å². The molecule has 0 saturated carbocycles. The Morgan fingerprint density at radius 2 is 1.77 bits per heavy atom. The van der Waals surface area contributed by atoms with Gasteiger partial charge < -0.3 is 19.4 Å². The molecule has 1 aromatic heterocycles. The van der Waals surface area contributed by atoms with E-state index >= 15 is 0 Å². The highest BCUT2D eigenvalue weighted by molar-refractivity contribution is 7.98. The number of halogens is 1. The molecule has 0 bridgehead atoms. The number of thioether (sulfide) groups is 1. The number of anilines is 1. The van der Waals surface area contributed by atoms with Gasteiger partial charge in [0.2, 0.25) is 5.91 Å². The van der Waals surface area contributed by atoms with Crippen molar-refractivity contribution >= 4 is 47.0 Å². The van der Waals surface area contributed by atoms with Crippen molar-refractivity contribution in [2.45, 2.75) is 51.3 Å². The number of carbonyl (C=O) groups is 3. The molecule has 2 unspecified atom stereocenters. The van der Waals surface area contributed by atoms with Crippen LogP contribution in [0.5, 0.6) is 0 Å². The minimum atomic E-state index is -0.376. The number of ether oxygens (including phenoxy) is 1. The summed E-state index contributed by atoms with van der Waals surface area (Å²) in [4.78, 5) is 54.9. The summed E-state index contributed by atoms with van der Waals surface area (Å²) < 4.78 is 5.93. The summed E-state index contributed by atoms with van der Waals surface area (Å²) in [5, 5.41) is 1.29. The molecule has 0 aliphatic carbocycles. The van der Waals surface area contributed by atoms with Crippen LogP contribution >= 0.6 is 23.4 Å². The molecule has 43 heavy (non-hydrogen) atoms. The molecule has 5 rings (SSSR count). The Morgan fingerprint density at radius 3 is 2.37 bits per heavy atom. The smallest absolute Gasteiger partial charge is 0.414 e. The number of amides is 3. The number of aryl methyl sites for hydroxylation is 2. The van der Waals surface area contributed by atoms with Gasteiger partial charge in [-0.25, -0.2) is 14.8 Å². The fraction of sp³-hybridized carbons (Fsp3) is 0.581. The lowest BCUT2D eigenvalue weighted by atomic mass is 10.0. The molecular weight excluding hydrogens is 588 g/mol. The van der Waals surface area contributed by atoms with Crippen LogP contribution in [0.1, 0.15) is 47.8 Å². The highest BCUT2D eigenvalue weighted by Crippen LogP contribution is 2.32. The second-order valence-corrected chi connectivity index (χ2v) is 13.1. The molecule has 232 valence electrons. The van der Waals surface area contributed by atoms with E-state index < -0.39 is 0 Å². The van der Waals surface area contributed by atoms with Gasteiger partial charge in [0.05, 0.1) is 11.3 Å². The van der Waals surface area contributed by atoms with E-state index in [2.05, 4.69) is 14.9 Å². The third-order valence-corrected chi connectivity index (χ3v) is 9.89. The molecule has 0 radical (unpaired) electrons. The normalized spacial score (nSPS) is 20.8. The first-order valence-electron chi connectivity index (χ1n) is 15.0. The second kappa shape index (κ2) is 13.8. The van der Waals surface area contributed by atoms with Crippen molar-refractivity contribution in [1.82, 2.24) is 24.7 Å². The summed E-state index contributed by atoms with van der Waals surface area (Å²) in [6.07, 6.45) is 5.05. The fourth-order valence-electron chi connectivity index (χ4n) is 6.39. The van der Waals surface area contributed by atoms with Crippen LogP contribution in [0.2, 0.25) is 5.02 Å². The minimum Gasteiger partial charge on any atom is -0.446 e. The van der Waals surface area contributed by atoms with Crippen molar-refractivity contribution in [3.05, 3.63) is 46.2 Å². The summed E-state index contributed by atoms with van der Waals surface area (Å²) in [5.74, 6) is 0.947. The Labute approximate surface area is 263 Å². The molecular formula is C31H41ClN6O4S. The van der Waals surface area contributed by atoms with Crippen molar-refractivity contribution in [3.63, 3.8) is 0 Å². The van der Waals surface area contributed by atoms with Crippen LogP contribution in [-0.2, 0) is 9.53 Å². The van der Waals surface area contributed by atoms with Gasteiger partial charge in [0.1, 0.15) is 6.10 Å². The molecule has 1 aromatic carbocycles. The van der Waals surface area contributed by atoms with E-state index in [1.54, 1.807) is 22.9 Å². The quantitative estimate of drug-likeness (QED) is 0.311. The van der Waals surface area contributed by atoms with Crippen molar-refractivity contribution in [3.8, 4) is 0 Å². The lowest BCUT2D eigenvalue weighted by Crippen LogP contribution is -2.43. The lowest BCUT2D eigenvalue weighted by Gasteiger charge is -2.32. The van der Waals surface area contributed by atoms with Crippen LogP contribution in [0.3, 0.4) is 0 Å². The summed E-state index contributed by atoms with van der Waals surface area (Å²) in [6.45, 7) is 11.3. The first-order valence-corrected chi connectivity index (χ1v) is 16.6. The van der Waals surface area contributed by atoms with Gasteiger partial charge in [-0.15, -0.1) is 0 Å². The molecule has 3 aliphatic rings. The zero-order chi connectivity index (χ0) is 30.7. The molecule has 0 spiro atoms. The number of benzene rings is 1. The lowest BCUT2D eigenvalue weighted by molar-refractivity contribution is -0.130. The Morgan fingerprint density at radius 1 is 1.07 bits per heavy atom. The summed E-state index contributed by atoms with van der Waals surface area (Å²) in [5.41, 5.74) is 2.98. The zero-order valence-corrected chi connectivity index (χ0v) is 27.0. The van der Waals surface area contributed by atoms with Gasteiger partial charge >= 0.3 is 6.09 Å². The molecule has 3 saturated heterocycles. The fourth-order valence-corrected chi connectivity index (χ4v) is 6.95. The number of fused-ring (bicyclic) bond motifs is 1. The monoisotopic (exact) mass is 628 g/mol. The maximum Gasteiger partial charge on any atom is 0.414 e. The molecule has 2 aromatic rings. The van der Waals surface area contributed by atoms with Gasteiger partial charge in [-0.05, 0) is 62.6 Å². The summed E-state index contributed by atoms with van der Waals surface area (Å²) >= 11 is 7.90. The van der Waals surface area contributed by atoms with Crippen LogP contribution in [0.15, 0.2) is 29.6 Å². The molecule has 12 heteroatoms. The summed E-state index contributed by atoms with van der Waals surface area (Å²) in [6, 6.07) is 5.65. The van der Waals surface area contributed by atoms with Crippen molar-refractivity contribution in [1.29, 1.82) is 0 Å². The standard InChI is InChI=1S/C31H41ClN6O4S/c1-20-6-7-25(14-28(20)32)38(31(41)42-26-8-12-36(13-9-26)22(3)39)11-5-10-35-16-23-18-37(19-24(23)17-35)29(40)27-15-33-30(43-4)34-21(27)2/h6-7,14-15,23-24,26H,5,8-13,16-19H2,1-4H3. The van der Waals surface area contributed by atoms with Gasteiger partial charge in [0.25, 0.3) is 5.91 Å². The average molecular weight is 629 g/mol. The van der Waals surface area contributed by atoms with Gasteiger partial charge in [-0.1, -0.05) is 29.4 Å². The van der Waals surface area contributed by atoms with E-state index in [-0.39, 0.29) is 24.0 Å². The van der Waals surface area contributed by atoms with E-state index in [0.717, 1.165) is 56.1 Å². The molecule has 2 atom stereocenters. The molecule has 4 heterocycles. The summed E-state index contributed by atoms with van der Waals surface area (Å²) in [7, 11) is 0. The van der Waals surface area contributed by atoms with Crippen molar-refractivity contribution in [2.24, 2.45) is 11.8 Å². The third-order valence-electron chi connectivity index (χ3n) is 8.92. The number of rotatable bonds is 8. The number of hydrogen-bond donors (Lipinski definition) is 0. The highest BCUT2D eigenvalue weighted by Gasteiger charge is 2.42. The Hall–Kier alpha value is -2.89. The van der Waals surface area contributed by atoms with Crippen molar-refractivity contribution < 1.29 is 19.1 Å². The predicted molar refractivity (Wildman–Crippen MR) is 168 cm³/mol. The van der Waals surface area contributed by atoms with E-state index in [9.17, 15) is 14.4 Å². The van der Waals surface area contributed by atoms with E-state index in [1.165, 1.54) is 11.8 Å². The number of aromatic nitrogens is 2. The van der Waals surface area contributed by atoms with Crippen LogP contribution in [0, 0.1) is 25.7 Å². The van der Waals surface area contributed by atoms with Gasteiger partial charge in [-0.3, -0.25) is 14.5 Å². The van der Waals surface area contributed by atoms with Gasteiger partial charge in [-0.2, -0.15) is 0 Å². The molecule has 3 aliphatic heterocycles. The topological polar surface area (TPSA) is 99.2 Å². The van der Waals surface area contributed by atoms with E-state index in [4.69, 9.17) is 16.3 Å². The Balaban J connectivity index is 1.14. The average Bonchev–Trinajstić information content (AvgIpc) is 3.56. The van der Waals surface area contributed by atoms with Crippen LogP contribution in [0.25, 0.3) is 0 Å². The Bertz CT molecular complexity index is 1340. The largest absolute Gasteiger partial charge is 0.446 e. The van der Waals surface area contributed by atoms with E-state index in [0.29, 0.717) is 60.1 Å². The maximum atomic E-state index is 13.4. The van der Waals surface area contributed by atoms with Crippen LogP contribution < -0.4 is 4.90 Å². The zero-order valence-electron chi connectivity index (χ0n) is 25.4. The number of likely N-dealkylation sites (tertiary alicyclic amines) is 3. The minimum absolute atomic E-state index is 0.0176. The highest BCUT2D eigenvalue weighted by atomic mass is 35.5. The SMILES string of the molecule is CSc1ncc(C(=O)N2CC3CN(CCCN(C(=O)OC4CCN(C(C)=O)CC4)c4ccc(C)c(Cl)c4)CC3C2)c(C)n1. The van der Waals surface area contributed by atoms with Crippen molar-refractivity contribution in [2.75, 3.05) is 63.5 Å². The Kier molecular flexibility index (Phi) is 10.1. The number of hydrogen-bond acceptors (Lipinski definition) is 8. The second-order valence-electron chi connectivity index (χ2n) is 11.9. The third kappa shape index (κ3) is 7.44. The number of carbonyl (C=O) groups excluding carboxylic acids is 3. The molecule has 0 N–H and O–H groups in total. The first kappa shape index (κ1) is 31.5. The molecule has 3 amide bonds. The van der Waals surface area contributed by atoms with Gasteiger partial charge in [0.15, 0.2) is 5.16 Å².